The van der Waals surface area contributed by atoms with Gasteiger partial charge in [-0.1, -0.05) is 0 Å². The van der Waals surface area contributed by atoms with E-state index in [9.17, 15) is 4.79 Å². The third kappa shape index (κ3) is 2.88. The second kappa shape index (κ2) is 4.81. The van der Waals surface area contributed by atoms with Crippen molar-refractivity contribution in [2.75, 3.05) is 6.54 Å². The number of aliphatic hydroxyl groups is 1. The highest BCUT2D eigenvalue weighted by Gasteiger charge is 2.11. The molecule has 1 aromatic heterocycles. The van der Waals surface area contributed by atoms with Crippen LogP contribution in [0.15, 0.2) is 16.7 Å². The molecule has 0 saturated heterocycles. The first-order chi connectivity index (χ1) is 6.61. The maximum Gasteiger partial charge on any atom is 0.287 e. The molecule has 0 aromatic carbocycles. The maximum atomic E-state index is 11.4. The van der Waals surface area contributed by atoms with Crippen LogP contribution in [0.5, 0.6) is 0 Å². The fourth-order valence-corrected chi connectivity index (χ4v) is 1.08. The van der Waals surface area contributed by atoms with Crippen molar-refractivity contribution in [1.29, 1.82) is 0 Å². The van der Waals surface area contributed by atoms with Crippen LogP contribution in [0.25, 0.3) is 0 Å². The smallest absolute Gasteiger partial charge is 0.287 e. The quantitative estimate of drug-likeness (QED) is 0.759. The second-order valence-corrected chi connectivity index (χ2v) is 3.33. The molecule has 0 saturated carbocycles. The summed E-state index contributed by atoms with van der Waals surface area (Å²) in [6.45, 7) is 3.95. The summed E-state index contributed by atoms with van der Waals surface area (Å²) >= 11 is 0. The maximum absolute atomic E-state index is 11.4. The van der Waals surface area contributed by atoms with Gasteiger partial charge < -0.3 is 14.8 Å². The summed E-state index contributed by atoms with van der Waals surface area (Å²) in [5, 5.41) is 11.6. The molecule has 1 heterocycles. The van der Waals surface area contributed by atoms with E-state index in [1.807, 2.05) is 6.92 Å². The van der Waals surface area contributed by atoms with E-state index in [1.165, 1.54) is 6.26 Å². The van der Waals surface area contributed by atoms with Gasteiger partial charge in [0, 0.05) is 12.1 Å². The van der Waals surface area contributed by atoms with Crippen molar-refractivity contribution in [3.63, 3.8) is 0 Å². The van der Waals surface area contributed by atoms with E-state index in [4.69, 9.17) is 9.52 Å². The summed E-state index contributed by atoms with van der Waals surface area (Å²) in [6.07, 6.45) is 1.64. The first-order valence-electron chi connectivity index (χ1n) is 4.61. The summed E-state index contributed by atoms with van der Waals surface area (Å²) in [4.78, 5) is 11.4. The SMILES string of the molecule is Cc1ccoc1C(=O)NCCC(C)O. The predicted octanol–water partition coefficient (Wildman–Crippen LogP) is 1.09. The molecule has 1 rings (SSSR count). The fraction of sp³-hybridized carbons (Fsp3) is 0.500. The Kier molecular flexibility index (Phi) is 3.71. The van der Waals surface area contributed by atoms with E-state index < -0.39 is 6.10 Å². The van der Waals surface area contributed by atoms with Gasteiger partial charge in [0.25, 0.3) is 5.91 Å². The largest absolute Gasteiger partial charge is 0.459 e. The molecule has 4 nitrogen and oxygen atoms in total. The molecule has 1 amide bonds. The highest BCUT2D eigenvalue weighted by molar-refractivity contribution is 5.92. The van der Waals surface area contributed by atoms with Crippen LogP contribution >= 0.6 is 0 Å². The van der Waals surface area contributed by atoms with Crippen LogP contribution in [-0.4, -0.2) is 23.7 Å². The Morgan fingerprint density at radius 1 is 1.71 bits per heavy atom. The lowest BCUT2D eigenvalue weighted by atomic mass is 10.2. The minimum absolute atomic E-state index is 0.229. The van der Waals surface area contributed by atoms with Crippen LogP contribution in [0.1, 0.15) is 29.5 Å². The van der Waals surface area contributed by atoms with Crippen LogP contribution in [0.4, 0.5) is 0 Å². The number of furan rings is 1. The Morgan fingerprint density at radius 2 is 2.43 bits per heavy atom. The van der Waals surface area contributed by atoms with Crippen LogP contribution in [-0.2, 0) is 0 Å². The molecule has 14 heavy (non-hydrogen) atoms. The van der Waals surface area contributed by atoms with Gasteiger partial charge in [-0.25, -0.2) is 0 Å². The predicted molar refractivity (Wildman–Crippen MR) is 52.1 cm³/mol. The van der Waals surface area contributed by atoms with Crippen molar-refractivity contribution in [2.45, 2.75) is 26.4 Å². The number of aryl methyl sites for hydroxylation is 1. The summed E-state index contributed by atoms with van der Waals surface area (Å²) in [5.41, 5.74) is 0.819. The number of hydrogen-bond donors (Lipinski definition) is 2. The van der Waals surface area contributed by atoms with E-state index in [-0.39, 0.29) is 5.91 Å². The Morgan fingerprint density at radius 3 is 2.93 bits per heavy atom. The van der Waals surface area contributed by atoms with Gasteiger partial charge in [0.05, 0.1) is 12.4 Å². The first-order valence-corrected chi connectivity index (χ1v) is 4.61. The summed E-state index contributed by atoms with van der Waals surface area (Å²) in [5.74, 6) is 0.115. The zero-order valence-electron chi connectivity index (χ0n) is 8.41. The first kappa shape index (κ1) is 10.8. The van der Waals surface area contributed by atoms with Crippen molar-refractivity contribution in [1.82, 2.24) is 5.32 Å². The van der Waals surface area contributed by atoms with Gasteiger partial charge in [0.2, 0.25) is 0 Å². The zero-order valence-corrected chi connectivity index (χ0v) is 8.41. The number of nitrogens with one attached hydrogen (secondary N) is 1. The van der Waals surface area contributed by atoms with E-state index in [1.54, 1.807) is 13.0 Å². The van der Waals surface area contributed by atoms with Crippen molar-refractivity contribution < 1.29 is 14.3 Å². The summed E-state index contributed by atoms with van der Waals surface area (Å²) in [6, 6.07) is 1.74. The van der Waals surface area contributed by atoms with Crippen LogP contribution < -0.4 is 5.32 Å². The summed E-state index contributed by atoms with van der Waals surface area (Å²) < 4.78 is 5.01. The fourth-order valence-electron chi connectivity index (χ4n) is 1.08. The standard InChI is InChI=1S/C10H15NO3/c1-7-4-6-14-9(7)10(13)11-5-3-8(2)12/h4,6,8,12H,3,5H2,1-2H3,(H,11,13). The van der Waals surface area contributed by atoms with Gasteiger partial charge >= 0.3 is 0 Å². The van der Waals surface area contributed by atoms with Crippen molar-refractivity contribution >= 4 is 5.91 Å². The lowest BCUT2D eigenvalue weighted by Gasteiger charge is -2.05. The van der Waals surface area contributed by atoms with Gasteiger partial charge in [0.1, 0.15) is 0 Å². The van der Waals surface area contributed by atoms with Gasteiger partial charge in [-0.3, -0.25) is 4.79 Å². The molecule has 1 atom stereocenters. The Bertz CT molecular complexity index is 304. The number of amides is 1. The van der Waals surface area contributed by atoms with E-state index in [2.05, 4.69) is 5.32 Å². The molecular formula is C10H15NO3. The third-order valence-electron chi connectivity index (χ3n) is 1.92. The topological polar surface area (TPSA) is 62.5 Å². The lowest BCUT2D eigenvalue weighted by Crippen LogP contribution is -2.26. The highest BCUT2D eigenvalue weighted by atomic mass is 16.3. The number of rotatable bonds is 4. The molecule has 0 radical (unpaired) electrons. The zero-order chi connectivity index (χ0) is 10.6. The molecule has 0 aliphatic heterocycles. The minimum atomic E-state index is -0.395. The molecule has 78 valence electrons. The number of carbonyl (C=O) groups excluding carboxylic acids is 1. The van der Waals surface area contributed by atoms with Crippen molar-refractivity contribution in [3.05, 3.63) is 23.7 Å². The van der Waals surface area contributed by atoms with Gasteiger partial charge in [-0.05, 0) is 26.3 Å². The molecule has 0 aliphatic carbocycles. The van der Waals surface area contributed by atoms with Crippen LogP contribution in [0.2, 0.25) is 0 Å². The van der Waals surface area contributed by atoms with Crippen molar-refractivity contribution in [3.8, 4) is 0 Å². The average molecular weight is 197 g/mol. The van der Waals surface area contributed by atoms with Gasteiger partial charge in [-0.15, -0.1) is 0 Å². The molecule has 1 unspecified atom stereocenters. The summed E-state index contributed by atoms with van der Waals surface area (Å²) in [7, 11) is 0. The van der Waals surface area contributed by atoms with Gasteiger partial charge in [0.15, 0.2) is 5.76 Å². The molecule has 0 spiro atoms. The highest BCUT2D eigenvalue weighted by Crippen LogP contribution is 2.07. The van der Waals surface area contributed by atoms with Crippen LogP contribution in [0, 0.1) is 6.92 Å². The molecule has 4 heteroatoms. The Balaban J connectivity index is 2.40. The monoisotopic (exact) mass is 197 g/mol. The van der Waals surface area contributed by atoms with E-state index in [0.717, 1.165) is 5.56 Å². The lowest BCUT2D eigenvalue weighted by molar-refractivity contribution is 0.0917. The third-order valence-corrected chi connectivity index (χ3v) is 1.92. The molecule has 1 aromatic rings. The van der Waals surface area contributed by atoms with E-state index >= 15 is 0 Å². The number of carbonyl (C=O) groups is 1. The number of aliphatic hydroxyl groups excluding tert-OH is 1. The molecule has 0 aliphatic rings. The molecule has 0 fully saturated rings. The molecule has 2 N–H and O–H groups in total. The molecule has 0 bridgehead atoms. The van der Waals surface area contributed by atoms with E-state index in [0.29, 0.717) is 18.7 Å². The average Bonchev–Trinajstić information content (AvgIpc) is 2.50. The van der Waals surface area contributed by atoms with Crippen molar-refractivity contribution in [2.24, 2.45) is 0 Å². The Hall–Kier alpha value is -1.29. The Labute approximate surface area is 82.9 Å². The second-order valence-electron chi connectivity index (χ2n) is 3.33. The molecular weight excluding hydrogens is 182 g/mol. The number of hydrogen-bond acceptors (Lipinski definition) is 3. The normalized spacial score (nSPS) is 12.5. The van der Waals surface area contributed by atoms with Gasteiger partial charge in [-0.2, -0.15) is 0 Å². The minimum Gasteiger partial charge on any atom is -0.459 e. The van der Waals surface area contributed by atoms with Crippen LogP contribution in [0.3, 0.4) is 0 Å².